The molecule has 1 aliphatic rings. The van der Waals surface area contributed by atoms with Gasteiger partial charge in [-0.05, 0) is 25.0 Å². The van der Waals surface area contributed by atoms with Gasteiger partial charge in [0.1, 0.15) is 0 Å². The molecule has 1 unspecified atom stereocenters. The van der Waals surface area contributed by atoms with Gasteiger partial charge in [-0.3, -0.25) is 0 Å². The van der Waals surface area contributed by atoms with Gasteiger partial charge in [-0.2, -0.15) is 28.8 Å². The number of thioether (sulfide) groups is 1. The number of rotatable bonds is 6. The predicted octanol–water partition coefficient (Wildman–Crippen LogP) is 1.48. The fourth-order valence-corrected chi connectivity index (χ4v) is 4.19. The van der Waals surface area contributed by atoms with Gasteiger partial charge >= 0.3 is 0 Å². The van der Waals surface area contributed by atoms with Gasteiger partial charge < -0.3 is 0 Å². The third-order valence-electron chi connectivity index (χ3n) is 3.03. The Bertz CT molecular complexity index is 324. The maximum Gasteiger partial charge on any atom is 0.281 e. The van der Waals surface area contributed by atoms with Gasteiger partial charge in [0.2, 0.25) is 0 Å². The largest absolute Gasteiger partial charge is 0.281 e. The molecule has 0 aliphatic carbocycles. The fraction of sp³-hybridized carbons (Fsp3) is 1.00. The number of halogens is 1. The lowest BCUT2D eigenvalue weighted by atomic mass is 10.0. The lowest BCUT2D eigenvalue weighted by molar-refractivity contribution is 0.267. The van der Waals surface area contributed by atoms with E-state index in [0.29, 0.717) is 31.4 Å². The second-order valence-electron chi connectivity index (χ2n) is 4.34. The Labute approximate surface area is 114 Å². The van der Waals surface area contributed by atoms with Crippen LogP contribution in [-0.4, -0.2) is 61.6 Å². The van der Waals surface area contributed by atoms with E-state index in [1.807, 2.05) is 6.26 Å². The van der Waals surface area contributed by atoms with Crippen molar-refractivity contribution in [1.82, 2.24) is 8.61 Å². The van der Waals surface area contributed by atoms with E-state index in [1.165, 1.54) is 4.31 Å². The summed E-state index contributed by atoms with van der Waals surface area (Å²) in [6.45, 7) is 1.75. The molecule has 1 rings (SSSR count). The highest BCUT2D eigenvalue weighted by Gasteiger charge is 2.31. The maximum absolute atomic E-state index is 12.3. The van der Waals surface area contributed by atoms with Gasteiger partial charge in [0.15, 0.2) is 0 Å². The molecule has 0 N–H and O–H groups in total. The Balaban J connectivity index is 2.62. The molecule has 1 atom stereocenters. The summed E-state index contributed by atoms with van der Waals surface area (Å²) in [4.78, 5) is 0. The van der Waals surface area contributed by atoms with E-state index >= 15 is 0 Å². The topological polar surface area (TPSA) is 40.6 Å². The van der Waals surface area contributed by atoms with Crippen LogP contribution in [0.3, 0.4) is 0 Å². The second kappa shape index (κ2) is 7.19. The maximum atomic E-state index is 12.3. The Morgan fingerprint density at radius 2 is 2.24 bits per heavy atom. The first-order valence-corrected chi connectivity index (χ1v) is 9.11. The Hall–Kier alpha value is 0.510. The highest BCUT2D eigenvalue weighted by molar-refractivity contribution is 7.98. The molecular weight excluding hydrogens is 280 g/mol. The summed E-state index contributed by atoms with van der Waals surface area (Å²) < 4.78 is 27.5. The average Bonchev–Trinajstić information content (AvgIpc) is 2.35. The Kier molecular flexibility index (Phi) is 6.58. The van der Waals surface area contributed by atoms with Crippen molar-refractivity contribution < 1.29 is 8.42 Å². The Morgan fingerprint density at radius 1 is 1.53 bits per heavy atom. The van der Waals surface area contributed by atoms with Crippen LogP contribution in [0.1, 0.15) is 12.8 Å². The van der Waals surface area contributed by atoms with Crippen molar-refractivity contribution in [3.63, 3.8) is 0 Å². The molecule has 1 aliphatic heterocycles. The molecule has 0 aromatic carbocycles. The molecule has 0 spiro atoms. The smallest absolute Gasteiger partial charge is 0.195 e. The van der Waals surface area contributed by atoms with Crippen molar-refractivity contribution in [3.05, 3.63) is 0 Å². The first-order valence-electron chi connectivity index (χ1n) is 5.78. The van der Waals surface area contributed by atoms with Gasteiger partial charge in [0, 0.05) is 38.3 Å². The van der Waals surface area contributed by atoms with Crippen molar-refractivity contribution in [2.45, 2.75) is 12.8 Å². The minimum Gasteiger partial charge on any atom is -0.195 e. The van der Waals surface area contributed by atoms with E-state index < -0.39 is 10.2 Å². The molecule has 17 heavy (non-hydrogen) atoms. The van der Waals surface area contributed by atoms with E-state index in [-0.39, 0.29) is 0 Å². The standard InChI is InChI=1S/C10H21ClN2O2S2/c1-12(6-7-16-2)17(14,15)13-5-3-4-10(8-11)9-13/h10H,3-9H2,1-2H3. The molecule has 1 fully saturated rings. The van der Waals surface area contributed by atoms with Crippen LogP contribution in [0.15, 0.2) is 0 Å². The third-order valence-corrected chi connectivity index (χ3v) is 6.01. The monoisotopic (exact) mass is 300 g/mol. The van der Waals surface area contributed by atoms with E-state index in [9.17, 15) is 8.42 Å². The van der Waals surface area contributed by atoms with Gasteiger partial charge in [0.25, 0.3) is 10.2 Å². The van der Waals surface area contributed by atoms with Crippen molar-refractivity contribution in [3.8, 4) is 0 Å². The van der Waals surface area contributed by atoms with Gasteiger partial charge in [-0.1, -0.05) is 0 Å². The van der Waals surface area contributed by atoms with E-state index in [0.717, 1.165) is 18.6 Å². The quantitative estimate of drug-likeness (QED) is 0.698. The zero-order chi connectivity index (χ0) is 12.9. The summed E-state index contributed by atoms with van der Waals surface area (Å²) in [6.07, 6.45) is 3.92. The molecule has 0 radical (unpaired) electrons. The molecule has 7 heteroatoms. The van der Waals surface area contributed by atoms with E-state index in [1.54, 1.807) is 23.1 Å². The lowest BCUT2D eigenvalue weighted by Gasteiger charge is -2.33. The van der Waals surface area contributed by atoms with Crippen molar-refractivity contribution in [2.75, 3.05) is 44.6 Å². The summed E-state index contributed by atoms with van der Waals surface area (Å²) >= 11 is 7.47. The first kappa shape index (κ1) is 15.6. The highest BCUT2D eigenvalue weighted by atomic mass is 35.5. The summed E-state index contributed by atoms with van der Waals surface area (Å²) in [5.41, 5.74) is 0. The van der Waals surface area contributed by atoms with E-state index in [2.05, 4.69) is 0 Å². The van der Waals surface area contributed by atoms with Crippen LogP contribution >= 0.6 is 23.4 Å². The highest BCUT2D eigenvalue weighted by Crippen LogP contribution is 2.21. The fourth-order valence-electron chi connectivity index (χ4n) is 1.89. The average molecular weight is 301 g/mol. The number of alkyl halides is 1. The molecule has 0 aromatic heterocycles. The van der Waals surface area contributed by atoms with Crippen LogP contribution in [-0.2, 0) is 10.2 Å². The minimum atomic E-state index is -3.28. The number of piperidine rings is 1. The SMILES string of the molecule is CSCCN(C)S(=O)(=O)N1CCCC(CCl)C1. The Morgan fingerprint density at radius 3 is 2.82 bits per heavy atom. The van der Waals surface area contributed by atoms with Crippen molar-refractivity contribution >= 4 is 33.6 Å². The summed E-state index contributed by atoms with van der Waals surface area (Å²) in [7, 11) is -1.63. The van der Waals surface area contributed by atoms with Crippen LogP contribution in [0.5, 0.6) is 0 Å². The number of nitrogens with zero attached hydrogens (tertiary/aromatic N) is 2. The molecule has 0 amide bonds. The summed E-state index contributed by atoms with van der Waals surface area (Å²) in [5, 5.41) is 0. The second-order valence-corrected chi connectivity index (χ2v) is 7.67. The van der Waals surface area contributed by atoms with Crippen LogP contribution in [0.2, 0.25) is 0 Å². The van der Waals surface area contributed by atoms with Gasteiger partial charge in [-0.25, -0.2) is 0 Å². The summed E-state index contributed by atoms with van der Waals surface area (Å²) in [5.74, 6) is 1.66. The zero-order valence-electron chi connectivity index (χ0n) is 10.4. The van der Waals surface area contributed by atoms with Crippen molar-refractivity contribution in [1.29, 1.82) is 0 Å². The zero-order valence-corrected chi connectivity index (χ0v) is 12.8. The van der Waals surface area contributed by atoms with E-state index in [4.69, 9.17) is 11.6 Å². The molecule has 0 aromatic rings. The van der Waals surface area contributed by atoms with Gasteiger partial charge in [-0.15, -0.1) is 11.6 Å². The van der Waals surface area contributed by atoms with Gasteiger partial charge in [0.05, 0.1) is 0 Å². The van der Waals surface area contributed by atoms with Crippen LogP contribution in [0, 0.1) is 5.92 Å². The normalized spacial score (nSPS) is 23.2. The first-order chi connectivity index (χ1) is 8.02. The minimum absolute atomic E-state index is 0.300. The molecule has 0 bridgehead atoms. The molecule has 102 valence electrons. The molecule has 1 saturated heterocycles. The molecule has 1 heterocycles. The third kappa shape index (κ3) is 4.28. The summed E-state index contributed by atoms with van der Waals surface area (Å²) in [6, 6.07) is 0. The van der Waals surface area contributed by atoms with Crippen molar-refractivity contribution in [2.24, 2.45) is 5.92 Å². The van der Waals surface area contributed by atoms with Crippen LogP contribution in [0.4, 0.5) is 0 Å². The molecular formula is C10H21ClN2O2S2. The molecule has 4 nitrogen and oxygen atoms in total. The lowest BCUT2D eigenvalue weighted by Crippen LogP contribution is -2.47. The van der Waals surface area contributed by atoms with Crippen LogP contribution in [0.25, 0.3) is 0 Å². The molecule has 0 saturated carbocycles. The predicted molar refractivity (Wildman–Crippen MR) is 74.9 cm³/mol. The van der Waals surface area contributed by atoms with Crippen LogP contribution < -0.4 is 0 Å². The number of hydrogen-bond donors (Lipinski definition) is 0. The number of hydrogen-bond acceptors (Lipinski definition) is 3.